The van der Waals surface area contributed by atoms with Gasteiger partial charge in [-0.05, 0) is 52.6 Å². The average molecular weight is 335 g/mol. The Kier molecular flexibility index (Phi) is 4.27. The normalized spacial score (nSPS) is 11.2. The first-order valence-corrected chi connectivity index (χ1v) is 7.79. The fourth-order valence-corrected chi connectivity index (χ4v) is 2.80. The van der Waals surface area contributed by atoms with Crippen LogP contribution in [0.4, 0.5) is 4.39 Å². The number of aromatic nitrogens is 2. The van der Waals surface area contributed by atoms with Gasteiger partial charge in [-0.3, -0.25) is 0 Å². The van der Waals surface area contributed by atoms with Crippen molar-refractivity contribution in [1.29, 1.82) is 0 Å². The molecule has 1 aromatic carbocycles. The zero-order valence-electron chi connectivity index (χ0n) is 9.30. The highest BCUT2D eigenvalue weighted by Gasteiger charge is 2.08. The molecule has 92 valence electrons. The van der Waals surface area contributed by atoms with Gasteiger partial charge in [0.15, 0.2) is 4.77 Å². The number of hydrogen-bond acceptors (Lipinski definition) is 2. The molecular weight excluding hydrogens is 323 g/mol. The summed E-state index contributed by atoms with van der Waals surface area (Å²) >= 11 is 10.2. The van der Waals surface area contributed by atoms with Crippen LogP contribution in [0.15, 0.2) is 16.6 Å². The van der Waals surface area contributed by atoms with Crippen LogP contribution in [0.3, 0.4) is 0 Å². The number of aromatic amines is 1. The second kappa shape index (κ2) is 5.54. The van der Waals surface area contributed by atoms with Gasteiger partial charge in [0.05, 0.1) is 15.5 Å². The molecule has 0 saturated heterocycles. The Bertz CT molecular complexity index is 591. The van der Waals surface area contributed by atoms with Crippen molar-refractivity contribution in [3.8, 4) is 0 Å². The van der Waals surface area contributed by atoms with Gasteiger partial charge in [0.2, 0.25) is 0 Å². The maximum absolute atomic E-state index is 13.5. The van der Waals surface area contributed by atoms with Crippen LogP contribution >= 0.6 is 39.9 Å². The second-order valence-electron chi connectivity index (χ2n) is 3.71. The van der Waals surface area contributed by atoms with Gasteiger partial charge in [-0.2, -0.15) is 11.8 Å². The van der Waals surface area contributed by atoms with Crippen LogP contribution in [0.5, 0.6) is 0 Å². The van der Waals surface area contributed by atoms with Crippen molar-refractivity contribution in [3.63, 3.8) is 0 Å². The summed E-state index contributed by atoms with van der Waals surface area (Å²) in [5, 5.41) is 0. The van der Waals surface area contributed by atoms with Crippen LogP contribution in [0.1, 0.15) is 6.42 Å². The van der Waals surface area contributed by atoms with Crippen molar-refractivity contribution in [2.75, 3.05) is 12.0 Å². The molecule has 1 N–H and O–H groups in total. The van der Waals surface area contributed by atoms with Gasteiger partial charge in [0, 0.05) is 12.6 Å². The summed E-state index contributed by atoms with van der Waals surface area (Å²) in [6.07, 6.45) is 3.10. The molecule has 0 aliphatic heterocycles. The number of thioether (sulfide) groups is 1. The zero-order valence-corrected chi connectivity index (χ0v) is 12.5. The lowest BCUT2D eigenvalue weighted by molar-refractivity contribution is 0.620. The summed E-state index contributed by atoms with van der Waals surface area (Å²) in [4.78, 5) is 3.10. The molecule has 0 saturated carbocycles. The highest BCUT2D eigenvalue weighted by atomic mass is 79.9. The van der Waals surface area contributed by atoms with Gasteiger partial charge < -0.3 is 9.55 Å². The fraction of sp³-hybridized carbons (Fsp3) is 0.364. The smallest absolute Gasteiger partial charge is 0.178 e. The molecule has 2 aromatic rings. The van der Waals surface area contributed by atoms with Crippen molar-refractivity contribution >= 4 is 50.9 Å². The van der Waals surface area contributed by atoms with Crippen molar-refractivity contribution in [1.82, 2.24) is 9.55 Å². The third kappa shape index (κ3) is 2.74. The van der Waals surface area contributed by atoms with E-state index < -0.39 is 0 Å². The molecule has 17 heavy (non-hydrogen) atoms. The molecule has 2 nitrogen and oxygen atoms in total. The Morgan fingerprint density at radius 1 is 1.53 bits per heavy atom. The summed E-state index contributed by atoms with van der Waals surface area (Å²) in [6, 6.07) is 3.25. The minimum Gasteiger partial charge on any atom is -0.331 e. The predicted molar refractivity (Wildman–Crippen MR) is 77.8 cm³/mol. The lowest BCUT2D eigenvalue weighted by atomic mass is 10.3. The van der Waals surface area contributed by atoms with E-state index in [0.29, 0.717) is 9.24 Å². The maximum atomic E-state index is 13.5. The number of halogens is 2. The minimum atomic E-state index is -0.259. The molecule has 0 bridgehead atoms. The first-order valence-electron chi connectivity index (χ1n) is 5.20. The Morgan fingerprint density at radius 3 is 3.00 bits per heavy atom. The molecule has 0 unspecified atom stereocenters. The monoisotopic (exact) mass is 334 g/mol. The summed E-state index contributed by atoms with van der Waals surface area (Å²) in [5.41, 5.74) is 1.70. The average Bonchev–Trinajstić information content (AvgIpc) is 2.57. The highest BCUT2D eigenvalue weighted by Crippen LogP contribution is 2.23. The van der Waals surface area contributed by atoms with Gasteiger partial charge in [-0.25, -0.2) is 4.39 Å². The molecule has 0 aliphatic carbocycles. The third-order valence-corrected chi connectivity index (χ3v) is 4.17. The number of nitrogens with one attached hydrogen (secondary N) is 1. The molecule has 2 rings (SSSR count). The standard InChI is InChI=1S/C11H12BrFN2S2/c1-17-4-2-3-15-10-6-8(13)7(12)5-9(10)14-11(15)16/h5-6H,2-4H2,1H3,(H,14,16). The highest BCUT2D eigenvalue weighted by molar-refractivity contribution is 9.10. The molecule has 0 fully saturated rings. The minimum absolute atomic E-state index is 0.259. The molecular formula is C11H12BrFN2S2. The molecule has 0 spiro atoms. The number of fused-ring (bicyclic) bond motifs is 1. The number of benzene rings is 1. The third-order valence-electron chi connectivity index (χ3n) is 2.55. The van der Waals surface area contributed by atoms with Crippen LogP contribution in [0.25, 0.3) is 11.0 Å². The van der Waals surface area contributed by atoms with Gasteiger partial charge in [-0.15, -0.1) is 0 Å². The van der Waals surface area contributed by atoms with E-state index in [1.807, 2.05) is 4.57 Å². The summed E-state index contributed by atoms with van der Waals surface area (Å²) in [6.45, 7) is 0.820. The number of aryl methyl sites for hydroxylation is 1. The lowest BCUT2D eigenvalue weighted by Gasteiger charge is -2.04. The van der Waals surface area contributed by atoms with E-state index in [-0.39, 0.29) is 5.82 Å². The number of nitrogens with zero attached hydrogens (tertiary/aromatic N) is 1. The number of rotatable bonds is 4. The Hall–Kier alpha value is -0.330. The molecule has 0 radical (unpaired) electrons. The second-order valence-corrected chi connectivity index (χ2v) is 5.94. The van der Waals surface area contributed by atoms with Crippen LogP contribution in [0, 0.1) is 10.6 Å². The van der Waals surface area contributed by atoms with E-state index in [1.54, 1.807) is 17.8 Å². The van der Waals surface area contributed by atoms with Gasteiger partial charge >= 0.3 is 0 Å². The SMILES string of the molecule is CSCCCn1c(=S)[nH]c2cc(Br)c(F)cc21. The quantitative estimate of drug-likeness (QED) is 0.662. The molecule has 1 heterocycles. The van der Waals surface area contributed by atoms with Crippen molar-refractivity contribution in [2.24, 2.45) is 0 Å². The maximum Gasteiger partial charge on any atom is 0.178 e. The van der Waals surface area contributed by atoms with E-state index in [2.05, 4.69) is 27.2 Å². The van der Waals surface area contributed by atoms with Crippen molar-refractivity contribution < 1.29 is 4.39 Å². The predicted octanol–water partition coefficient (Wildman–Crippen LogP) is 4.35. The lowest BCUT2D eigenvalue weighted by Crippen LogP contribution is -1.99. The Labute approximate surface area is 117 Å². The number of imidazole rings is 1. The van der Waals surface area contributed by atoms with E-state index in [1.165, 1.54) is 6.07 Å². The zero-order chi connectivity index (χ0) is 12.4. The Balaban J connectivity index is 2.44. The first kappa shape index (κ1) is 13.1. The molecule has 0 aliphatic rings. The van der Waals surface area contributed by atoms with E-state index in [0.717, 1.165) is 29.8 Å². The van der Waals surface area contributed by atoms with Crippen LogP contribution < -0.4 is 0 Å². The van der Waals surface area contributed by atoms with Gasteiger partial charge in [0.1, 0.15) is 5.82 Å². The summed E-state index contributed by atoms with van der Waals surface area (Å²) in [5.74, 6) is 0.818. The van der Waals surface area contributed by atoms with Crippen molar-refractivity contribution in [3.05, 3.63) is 27.2 Å². The summed E-state index contributed by atoms with van der Waals surface area (Å²) in [7, 11) is 0. The first-order chi connectivity index (χ1) is 8.13. The van der Waals surface area contributed by atoms with Crippen LogP contribution in [-0.4, -0.2) is 21.6 Å². The molecule has 0 amide bonds. The molecule has 0 atom stereocenters. The number of H-pyrrole nitrogens is 1. The van der Waals surface area contributed by atoms with Crippen LogP contribution in [-0.2, 0) is 6.54 Å². The van der Waals surface area contributed by atoms with E-state index >= 15 is 0 Å². The summed E-state index contributed by atoms with van der Waals surface area (Å²) < 4.78 is 16.6. The number of hydrogen-bond donors (Lipinski definition) is 1. The molecule has 1 aromatic heterocycles. The van der Waals surface area contributed by atoms with Crippen molar-refractivity contribution in [2.45, 2.75) is 13.0 Å². The van der Waals surface area contributed by atoms with Crippen LogP contribution in [0.2, 0.25) is 0 Å². The topological polar surface area (TPSA) is 20.7 Å². The van der Waals surface area contributed by atoms with E-state index in [4.69, 9.17) is 12.2 Å². The van der Waals surface area contributed by atoms with Gasteiger partial charge in [0.25, 0.3) is 0 Å². The largest absolute Gasteiger partial charge is 0.331 e. The molecule has 6 heteroatoms. The Morgan fingerprint density at radius 2 is 2.29 bits per heavy atom. The van der Waals surface area contributed by atoms with E-state index in [9.17, 15) is 4.39 Å². The van der Waals surface area contributed by atoms with Gasteiger partial charge in [-0.1, -0.05) is 0 Å². The fourth-order valence-electron chi connectivity index (χ4n) is 1.74.